The largest absolute Gasteiger partial charge is 0.349 e. The van der Waals surface area contributed by atoms with Crippen molar-refractivity contribution in [2.75, 3.05) is 0 Å². The van der Waals surface area contributed by atoms with Gasteiger partial charge in [0.05, 0.1) is 8.66 Å². The van der Waals surface area contributed by atoms with Crippen LogP contribution in [0.25, 0.3) is 0 Å². The number of carbonyl (C=O) groups excluding carboxylic acids is 1. The SMILES string of the molecule is CC(NC(=O)c1ccc(Br)s1)C1CC1. The number of halogens is 1. The number of hydrogen-bond acceptors (Lipinski definition) is 2. The molecule has 1 aliphatic carbocycles. The van der Waals surface area contributed by atoms with Crippen molar-refractivity contribution in [1.82, 2.24) is 5.32 Å². The summed E-state index contributed by atoms with van der Waals surface area (Å²) in [6.45, 7) is 2.08. The number of thiophene rings is 1. The average Bonchev–Trinajstić information content (AvgIpc) is 2.89. The van der Waals surface area contributed by atoms with E-state index >= 15 is 0 Å². The van der Waals surface area contributed by atoms with Crippen molar-refractivity contribution in [2.24, 2.45) is 5.92 Å². The van der Waals surface area contributed by atoms with Gasteiger partial charge in [0.15, 0.2) is 0 Å². The highest BCUT2D eigenvalue weighted by molar-refractivity contribution is 9.11. The van der Waals surface area contributed by atoms with Crippen molar-refractivity contribution in [3.8, 4) is 0 Å². The Morgan fingerprint density at radius 2 is 2.36 bits per heavy atom. The molecule has 14 heavy (non-hydrogen) atoms. The smallest absolute Gasteiger partial charge is 0.261 e. The van der Waals surface area contributed by atoms with E-state index in [2.05, 4.69) is 28.2 Å². The van der Waals surface area contributed by atoms with Crippen molar-refractivity contribution in [1.29, 1.82) is 0 Å². The molecule has 4 heteroatoms. The van der Waals surface area contributed by atoms with Gasteiger partial charge < -0.3 is 5.32 Å². The molecule has 1 saturated carbocycles. The molecule has 0 saturated heterocycles. The van der Waals surface area contributed by atoms with Crippen LogP contribution in [-0.4, -0.2) is 11.9 Å². The Balaban J connectivity index is 1.94. The molecule has 1 fully saturated rings. The van der Waals surface area contributed by atoms with E-state index in [1.54, 1.807) is 0 Å². The van der Waals surface area contributed by atoms with Gasteiger partial charge in [-0.3, -0.25) is 4.79 Å². The van der Waals surface area contributed by atoms with E-state index in [9.17, 15) is 4.79 Å². The first kappa shape index (κ1) is 10.2. The van der Waals surface area contributed by atoms with Crippen molar-refractivity contribution in [3.05, 3.63) is 20.8 Å². The van der Waals surface area contributed by atoms with E-state index in [-0.39, 0.29) is 5.91 Å². The van der Waals surface area contributed by atoms with Crippen LogP contribution in [0.1, 0.15) is 29.4 Å². The Hall–Kier alpha value is -0.350. The van der Waals surface area contributed by atoms with Gasteiger partial charge in [-0.05, 0) is 53.7 Å². The summed E-state index contributed by atoms with van der Waals surface area (Å²) in [5.41, 5.74) is 0. The molecule has 1 aliphatic rings. The van der Waals surface area contributed by atoms with Crippen LogP contribution in [0.15, 0.2) is 15.9 Å². The quantitative estimate of drug-likeness (QED) is 0.901. The number of rotatable bonds is 3. The average molecular weight is 274 g/mol. The summed E-state index contributed by atoms with van der Waals surface area (Å²) in [5, 5.41) is 3.02. The van der Waals surface area contributed by atoms with Crippen molar-refractivity contribution in [3.63, 3.8) is 0 Å². The molecular formula is C10H12BrNOS. The highest BCUT2D eigenvalue weighted by atomic mass is 79.9. The number of nitrogens with one attached hydrogen (secondary N) is 1. The first-order chi connectivity index (χ1) is 6.66. The van der Waals surface area contributed by atoms with E-state index in [0.717, 1.165) is 8.66 Å². The molecule has 0 spiro atoms. The maximum Gasteiger partial charge on any atom is 0.261 e. The molecule has 0 radical (unpaired) electrons. The lowest BCUT2D eigenvalue weighted by molar-refractivity contribution is 0.0940. The predicted molar refractivity (Wildman–Crippen MR) is 61.7 cm³/mol. The van der Waals surface area contributed by atoms with Crippen LogP contribution in [0.4, 0.5) is 0 Å². The molecule has 1 unspecified atom stereocenters. The summed E-state index contributed by atoms with van der Waals surface area (Å²) < 4.78 is 1.00. The van der Waals surface area contributed by atoms with Gasteiger partial charge in [0.1, 0.15) is 0 Å². The molecule has 1 aromatic heterocycles. The van der Waals surface area contributed by atoms with Crippen molar-refractivity contribution in [2.45, 2.75) is 25.8 Å². The summed E-state index contributed by atoms with van der Waals surface area (Å²) in [6, 6.07) is 4.08. The molecule has 0 bridgehead atoms. The van der Waals surface area contributed by atoms with Gasteiger partial charge in [-0.1, -0.05) is 0 Å². The topological polar surface area (TPSA) is 29.1 Å². The standard InChI is InChI=1S/C10H12BrNOS/c1-6(7-2-3-7)12-10(13)8-4-5-9(11)14-8/h4-7H,2-3H2,1H3,(H,12,13). The van der Waals surface area contributed by atoms with Crippen LogP contribution in [0.5, 0.6) is 0 Å². The van der Waals surface area contributed by atoms with Gasteiger partial charge >= 0.3 is 0 Å². The lowest BCUT2D eigenvalue weighted by Gasteiger charge is -2.11. The third kappa shape index (κ3) is 2.36. The Morgan fingerprint density at radius 1 is 1.64 bits per heavy atom. The maximum absolute atomic E-state index is 11.7. The van der Waals surface area contributed by atoms with E-state index in [1.807, 2.05) is 12.1 Å². The van der Waals surface area contributed by atoms with Crippen molar-refractivity contribution >= 4 is 33.2 Å². The third-order valence-electron chi connectivity index (χ3n) is 2.48. The normalized spacial score (nSPS) is 17.9. The van der Waals surface area contributed by atoms with Gasteiger partial charge in [0, 0.05) is 6.04 Å². The van der Waals surface area contributed by atoms with Crippen LogP contribution in [0.2, 0.25) is 0 Å². The number of hydrogen-bond donors (Lipinski definition) is 1. The minimum atomic E-state index is 0.0556. The third-order valence-corrected chi connectivity index (χ3v) is 4.11. The van der Waals surface area contributed by atoms with Gasteiger partial charge in [-0.2, -0.15) is 0 Å². The highest BCUT2D eigenvalue weighted by Crippen LogP contribution is 2.32. The molecule has 2 nitrogen and oxygen atoms in total. The van der Waals surface area contributed by atoms with Crippen LogP contribution in [0, 0.1) is 5.92 Å². The molecule has 1 N–H and O–H groups in total. The van der Waals surface area contributed by atoms with Crippen LogP contribution in [-0.2, 0) is 0 Å². The molecule has 0 aliphatic heterocycles. The monoisotopic (exact) mass is 273 g/mol. The zero-order valence-corrected chi connectivity index (χ0v) is 10.3. The van der Waals surface area contributed by atoms with Gasteiger partial charge in [-0.15, -0.1) is 11.3 Å². The highest BCUT2D eigenvalue weighted by Gasteiger charge is 2.29. The first-order valence-corrected chi connectivity index (χ1v) is 6.34. The molecule has 1 amide bonds. The van der Waals surface area contributed by atoms with Gasteiger partial charge in [-0.25, -0.2) is 0 Å². The lowest BCUT2D eigenvalue weighted by Crippen LogP contribution is -2.33. The minimum absolute atomic E-state index is 0.0556. The zero-order chi connectivity index (χ0) is 10.1. The first-order valence-electron chi connectivity index (χ1n) is 4.73. The summed E-state index contributed by atoms with van der Waals surface area (Å²) >= 11 is 4.82. The number of carbonyl (C=O) groups is 1. The molecule has 2 rings (SSSR count). The van der Waals surface area contributed by atoms with Gasteiger partial charge in [0.2, 0.25) is 0 Å². The summed E-state index contributed by atoms with van der Waals surface area (Å²) in [5.74, 6) is 0.766. The maximum atomic E-state index is 11.7. The Bertz CT molecular complexity index is 346. The molecule has 76 valence electrons. The minimum Gasteiger partial charge on any atom is -0.349 e. The second-order valence-corrected chi connectivity index (χ2v) is 6.17. The fraction of sp³-hybridized carbons (Fsp3) is 0.500. The Kier molecular flexibility index (Phi) is 2.93. The van der Waals surface area contributed by atoms with Crippen LogP contribution in [0.3, 0.4) is 0 Å². The molecule has 1 heterocycles. The fourth-order valence-electron chi connectivity index (χ4n) is 1.43. The summed E-state index contributed by atoms with van der Waals surface area (Å²) in [4.78, 5) is 12.5. The molecule has 1 aromatic rings. The van der Waals surface area contributed by atoms with E-state index in [1.165, 1.54) is 24.2 Å². The fourth-order valence-corrected chi connectivity index (χ4v) is 2.72. The van der Waals surface area contributed by atoms with E-state index < -0.39 is 0 Å². The van der Waals surface area contributed by atoms with E-state index in [0.29, 0.717) is 12.0 Å². The van der Waals surface area contributed by atoms with E-state index in [4.69, 9.17) is 0 Å². The second-order valence-electron chi connectivity index (χ2n) is 3.70. The summed E-state index contributed by atoms with van der Waals surface area (Å²) in [6.07, 6.45) is 2.52. The zero-order valence-electron chi connectivity index (χ0n) is 7.92. The van der Waals surface area contributed by atoms with Crippen LogP contribution >= 0.6 is 27.3 Å². The molecular weight excluding hydrogens is 262 g/mol. The van der Waals surface area contributed by atoms with Crippen LogP contribution < -0.4 is 5.32 Å². The number of amides is 1. The molecule has 1 atom stereocenters. The Labute approximate surface area is 95.8 Å². The van der Waals surface area contributed by atoms with Crippen molar-refractivity contribution < 1.29 is 4.79 Å². The Morgan fingerprint density at radius 3 is 2.86 bits per heavy atom. The summed E-state index contributed by atoms with van der Waals surface area (Å²) in [7, 11) is 0. The predicted octanol–water partition coefficient (Wildman–Crippen LogP) is 3.04. The van der Waals surface area contributed by atoms with Gasteiger partial charge in [0.25, 0.3) is 5.91 Å². The molecule has 0 aromatic carbocycles. The second kappa shape index (κ2) is 4.03. The lowest BCUT2D eigenvalue weighted by atomic mass is 10.2.